The number of benzene rings is 1. The van der Waals surface area contributed by atoms with Crippen LogP contribution in [0.2, 0.25) is 0 Å². The Kier molecular flexibility index (Phi) is 3.64. The van der Waals surface area contributed by atoms with E-state index >= 15 is 0 Å². The second-order valence-corrected chi connectivity index (χ2v) is 4.86. The molecule has 0 bridgehead atoms. The van der Waals surface area contributed by atoms with Crippen LogP contribution in [0.1, 0.15) is 24.0 Å². The Bertz CT molecular complexity index is 525. The van der Waals surface area contributed by atoms with Gasteiger partial charge < -0.3 is 15.8 Å². The van der Waals surface area contributed by atoms with Crippen LogP contribution in [-0.4, -0.2) is 18.6 Å². The lowest BCUT2D eigenvalue weighted by molar-refractivity contribution is -0.138. The van der Waals surface area contributed by atoms with E-state index in [-0.39, 0.29) is 17.9 Å². The van der Waals surface area contributed by atoms with Crippen LogP contribution in [0.5, 0.6) is 5.75 Å². The Morgan fingerprint density at radius 3 is 2.60 bits per heavy atom. The van der Waals surface area contributed by atoms with Gasteiger partial charge in [0.05, 0.1) is 18.2 Å². The summed E-state index contributed by atoms with van der Waals surface area (Å²) < 4.78 is 43.6. The van der Waals surface area contributed by atoms with Gasteiger partial charge >= 0.3 is 6.18 Å². The summed E-state index contributed by atoms with van der Waals surface area (Å²) in [6, 6.07) is 3.63. The number of nitrogens with one attached hydrogen (secondary N) is 1. The van der Waals surface area contributed by atoms with Crippen molar-refractivity contribution in [2.75, 3.05) is 7.11 Å². The van der Waals surface area contributed by atoms with Gasteiger partial charge in [0.1, 0.15) is 5.75 Å². The molecule has 1 aromatic rings. The molecule has 0 atom stereocenters. The third-order valence-corrected chi connectivity index (χ3v) is 3.30. The zero-order chi connectivity index (χ0) is 15.0. The fraction of sp³-hybridized carbons (Fsp3) is 0.462. The molecule has 0 saturated heterocycles. The molecule has 0 heterocycles. The quantitative estimate of drug-likeness (QED) is 0.888. The maximum atomic E-state index is 12.9. The smallest absolute Gasteiger partial charge is 0.416 e. The average molecular weight is 288 g/mol. The van der Waals surface area contributed by atoms with Gasteiger partial charge in [0, 0.05) is 6.54 Å². The predicted octanol–water partition coefficient (Wildman–Crippen LogP) is 1.82. The van der Waals surface area contributed by atoms with E-state index in [1.165, 1.54) is 19.2 Å². The minimum Gasteiger partial charge on any atom is -0.497 e. The van der Waals surface area contributed by atoms with E-state index in [4.69, 9.17) is 10.5 Å². The number of hydrogen-bond donors (Lipinski definition) is 2. The molecule has 1 aliphatic rings. The van der Waals surface area contributed by atoms with Crippen molar-refractivity contribution >= 4 is 5.91 Å². The summed E-state index contributed by atoms with van der Waals surface area (Å²) in [7, 11) is 1.29. The van der Waals surface area contributed by atoms with Gasteiger partial charge in [-0.2, -0.15) is 13.2 Å². The highest BCUT2D eigenvalue weighted by Crippen LogP contribution is 2.35. The minimum absolute atomic E-state index is 0.0177. The molecule has 0 radical (unpaired) electrons. The van der Waals surface area contributed by atoms with Crippen LogP contribution < -0.4 is 15.8 Å². The number of hydrogen-bond acceptors (Lipinski definition) is 3. The SMILES string of the molecule is COc1ccc(CNC(=O)C2(N)CC2)c(C(F)(F)F)c1. The van der Waals surface area contributed by atoms with E-state index < -0.39 is 23.2 Å². The fourth-order valence-corrected chi connectivity index (χ4v) is 1.81. The fourth-order valence-electron chi connectivity index (χ4n) is 1.81. The number of amides is 1. The Labute approximate surface area is 114 Å². The third-order valence-electron chi connectivity index (χ3n) is 3.30. The number of ether oxygens (including phenoxy) is 1. The number of halogens is 3. The molecule has 2 rings (SSSR count). The summed E-state index contributed by atoms with van der Waals surface area (Å²) in [6.07, 6.45) is -3.38. The lowest BCUT2D eigenvalue weighted by Crippen LogP contribution is -2.42. The van der Waals surface area contributed by atoms with E-state index in [0.717, 1.165) is 6.07 Å². The number of alkyl halides is 3. The second kappa shape index (κ2) is 4.97. The average Bonchev–Trinajstić information content (AvgIpc) is 3.14. The van der Waals surface area contributed by atoms with Gasteiger partial charge in [-0.05, 0) is 30.5 Å². The first-order valence-corrected chi connectivity index (χ1v) is 6.07. The highest BCUT2D eigenvalue weighted by molar-refractivity contribution is 5.88. The topological polar surface area (TPSA) is 64.3 Å². The monoisotopic (exact) mass is 288 g/mol. The van der Waals surface area contributed by atoms with Crippen LogP contribution >= 0.6 is 0 Å². The molecule has 0 spiro atoms. The van der Waals surface area contributed by atoms with Crippen molar-refractivity contribution in [1.29, 1.82) is 0 Å². The van der Waals surface area contributed by atoms with Crippen molar-refractivity contribution in [3.63, 3.8) is 0 Å². The lowest BCUT2D eigenvalue weighted by atomic mass is 10.1. The van der Waals surface area contributed by atoms with Crippen molar-refractivity contribution in [3.05, 3.63) is 29.3 Å². The van der Waals surface area contributed by atoms with Gasteiger partial charge in [0.15, 0.2) is 0 Å². The van der Waals surface area contributed by atoms with Crippen LogP contribution in [0.4, 0.5) is 13.2 Å². The third kappa shape index (κ3) is 3.04. The first kappa shape index (κ1) is 14.6. The van der Waals surface area contributed by atoms with Gasteiger partial charge in [0.2, 0.25) is 5.91 Å². The number of carbonyl (C=O) groups is 1. The Morgan fingerprint density at radius 2 is 2.10 bits per heavy atom. The Hall–Kier alpha value is -1.76. The molecule has 1 aromatic carbocycles. The first-order chi connectivity index (χ1) is 9.26. The first-order valence-electron chi connectivity index (χ1n) is 6.07. The van der Waals surface area contributed by atoms with Gasteiger partial charge in [0.25, 0.3) is 0 Å². The molecule has 1 aliphatic carbocycles. The summed E-state index contributed by atoms with van der Waals surface area (Å²) in [4.78, 5) is 11.6. The molecule has 3 N–H and O–H groups in total. The molecule has 0 aromatic heterocycles. The molecule has 110 valence electrons. The zero-order valence-corrected chi connectivity index (χ0v) is 10.9. The predicted molar refractivity (Wildman–Crippen MR) is 66.0 cm³/mol. The Balaban J connectivity index is 2.16. The molecular weight excluding hydrogens is 273 g/mol. The van der Waals surface area contributed by atoms with Crippen LogP contribution in [0.25, 0.3) is 0 Å². The van der Waals surface area contributed by atoms with Crippen molar-refractivity contribution in [2.24, 2.45) is 5.73 Å². The highest BCUT2D eigenvalue weighted by atomic mass is 19.4. The maximum Gasteiger partial charge on any atom is 0.416 e. The molecule has 0 aliphatic heterocycles. The minimum atomic E-state index is -4.51. The van der Waals surface area contributed by atoms with Crippen LogP contribution in [0, 0.1) is 0 Å². The molecule has 1 fully saturated rings. The number of nitrogens with two attached hydrogens (primary N) is 1. The van der Waals surface area contributed by atoms with Crippen molar-refractivity contribution < 1.29 is 22.7 Å². The van der Waals surface area contributed by atoms with E-state index in [1.807, 2.05) is 0 Å². The van der Waals surface area contributed by atoms with E-state index in [0.29, 0.717) is 12.8 Å². The lowest BCUT2D eigenvalue weighted by Gasteiger charge is -2.16. The van der Waals surface area contributed by atoms with E-state index in [2.05, 4.69) is 5.32 Å². The van der Waals surface area contributed by atoms with E-state index in [1.54, 1.807) is 0 Å². The largest absolute Gasteiger partial charge is 0.497 e. The van der Waals surface area contributed by atoms with Crippen molar-refractivity contribution in [3.8, 4) is 5.75 Å². The summed E-state index contributed by atoms with van der Waals surface area (Å²) in [5.74, 6) is -0.300. The standard InChI is InChI=1S/C13H15F3N2O2/c1-20-9-3-2-8(10(6-9)13(14,15)16)7-18-11(19)12(17)4-5-12/h2-3,6H,4-5,7,17H2,1H3,(H,18,19). The van der Waals surface area contributed by atoms with Gasteiger partial charge in [-0.15, -0.1) is 0 Å². The molecule has 20 heavy (non-hydrogen) atoms. The number of carbonyl (C=O) groups excluding carboxylic acids is 1. The number of methoxy groups -OCH3 is 1. The van der Waals surface area contributed by atoms with Crippen LogP contribution in [0.3, 0.4) is 0 Å². The van der Waals surface area contributed by atoms with Gasteiger partial charge in [-0.1, -0.05) is 6.07 Å². The summed E-state index contributed by atoms with van der Waals surface area (Å²) in [5.41, 5.74) is 3.93. The molecule has 1 saturated carbocycles. The van der Waals surface area contributed by atoms with Crippen molar-refractivity contribution in [2.45, 2.75) is 31.1 Å². The van der Waals surface area contributed by atoms with Gasteiger partial charge in [-0.25, -0.2) is 0 Å². The molecule has 7 heteroatoms. The van der Waals surface area contributed by atoms with Crippen LogP contribution in [0.15, 0.2) is 18.2 Å². The summed E-state index contributed by atoms with van der Waals surface area (Å²) >= 11 is 0. The molecular formula is C13H15F3N2O2. The molecule has 4 nitrogen and oxygen atoms in total. The van der Waals surface area contributed by atoms with Crippen LogP contribution in [-0.2, 0) is 17.5 Å². The second-order valence-electron chi connectivity index (χ2n) is 4.86. The summed E-state index contributed by atoms with van der Waals surface area (Å²) in [6.45, 7) is -0.212. The maximum absolute atomic E-state index is 12.9. The zero-order valence-electron chi connectivity index (χ0n) is 10.9. The van der Waals surface area contributed by atoms with E-state index in [9.17, 15) is 18.0 Å². The summed E-state index contributed by atoms with van der Waals surface area (Å²) in [5, 5.41) is 2.45. The Morgan fingerprint density at radius 1 is 1.45 bits per heavy atom. The van der Waals surface area contributed by atoms with Gasteiger partial charge in [-0.3, -0.25) is 4.79 Å². The number of rotatable bonds is 4. The highest BCUT2D eigenvalue weighted by Gasteiger charge is 2.45. The molecule has 1 amide bonds. The van der Waals surface area contributed by atoms with Crippen molar-refractivity contribution in [1.82, 2.24) is 5.32 Å². The molecule has 0 unspecified atom stereocenters. The normalized spacial score (nSPS) is 16.6.